The summed E-state index contributed by atoms with van der Waals surface area (Å²) in [6, 6.07) is 12.3. The number of amides is 2. The number of aryl methyl sites for hydroxylation is 1. The average molecular weight is 358 g/mol. The minimum absolute atomic E-state index is 0.112. The van der Waals surface area contributed by atoms with Crippen LogP contribution in [0.3, 0.4) is 0 Å². The summed E-state index contributed by atoms with van der Waals surface area (Å²) in [5.41, 5.74) is 6.04. The summed E-state index contributed by atoms with van der Waals surface area (Å²) in [5, 5.41) is 0. The van der Waals surface area contributed by atoms with Gasteiger partial charge in [-0.2, -0.15) is 0 Å². The highest BCUT2D eigenvalue weighted by Crippen LogP contribution is 2.27. The second kappa shape index (κ2) is 9.31. The lowest BCUT2D eigenvalue weighted by atomic mass is 10.2. The molecule has 0 saturated heterocycles. The number of nitrogens with one attached hydrogen (secondary N) is 2. The van der Waals surface area contributed by atoms with Crippen LogP contribution in [0.1, 0.15) is 22.3 Å². The Balaban J connectivity index is 1.80. The van der Waals surface area contributed by atoms with Gasteiger partial charge in [-0.25, -0.2) is 0 Å². The van der Waals surface area contributed by atoms with Crippen LogP contribution in [-0.4, -0.2) is 32.6 Å². The molecule has 0 aliphatic rings. The fourth-order valence-electron chi connectivity index (χ4n) is 2.21. The van der Waals surface area contributed by atoms with Crippen molar-refractivity contribution in [1.29, 1.82) is 0 Å². The number of hydrazine groups is 1. The molecule has 0 heterocycles. The molecule has 0 bridgehead atoms. The summed E-state index contributed by atoms with van der Waals surface area (Å²) in [5.74, 6) is 0.862. The predicted octanol–water partition coefficient (Wildman–Crippen LogP) is 2.24. The molecule has 0 aliphatic heterocycles. The van der Waals surface area contributed by atoms with Gasteiger partial charge in [0.15, 0.2) is 11.5 Å². The van der Waals surface area contributed by atoms with Gasteiger partial charge >= 0.3 is 0 Å². The number of carbonyl (C=O) groups is 2. The summed E-state index contributed by atoms with van der Waals surface area (Å²) in [6.07, 6.45) is 0.112. The van der Waals surface area contributed by atoms with Gasteiger partial charge in [0.25, 0.3) is 5.91 Å². The molecule has 2 amide bonds. The second-order valence-corrected chi connectivity index (χ2v) is 5.44. The highest BCUT2D eigenvalue weighted by molar-refractivity contribution is 5.96. The molecule has 0 radical (unpaired) electrons. The van der Waals surface area contributed by atoms with Crippen molar-refractivity contribution in [2.24, 2.45) is 0 Å². The van der Waals surface area contributed by atoms with E-state index in [4.69, 9.17) is 14.2 Å². The van der Waals surface area contributed by atoms with E-state index in [0.717, 1.165) is 11.3 Å². The zero-order chi connectivity index (χ0) is 18.9. The Kier molecular flexibility index (Phi) is 6.84. The van der Waals surface area contributed by atoms with Crippen molar-refractivity contribution in [3.63, 3.8) is 0 Å². The van der Waals surface area contributed by atoms with Gasteiger partial charge in [-0.3, -0.25) is 20.4 Å². The molecule has 2 N–H and O–H groups in total. The van der Waals surface area contributed by atoms with Crippen molar-refractivity contribution in [3.8, 4) is 17.2 Å². The molecule has 26 heavy (non-hydrogen) atoms. The Hall–Kier alpha value is -3.22. The fraction of sp³-hybridized carbons (Fsp3) is 0.263. The molecule has 0 spiro atoms. The van der Waals surface area contributed by atoms with Gasteiger partial charge in [0, 0.05) is 5.56 Å². The maximum atomic E-state index is 12.1. The molecule has 0 atom stereocenters. The number of methoxy groups -OCH3 is 2. The Labute approximate surface area is 152 Å². The van der Waals surface area contributed by atoms with E-state index in [1.54, 1.807) is 12.1 Å². The Morgan fingerprint density at radius 2 is 1.65 bits per heavy atom. The topological polar surface area (TPSA) is 85.9 Å². The Morgan fingerprint density at radius 1 is 0.923 bits per heavy atom. The van der Waals surface area contributed by atoms with Crippen LogP contribution in [0.5, 0.6) is 17.2 Å². The standard InChI is InChI=1S/C19H22N2O5/c1-13-6-4-5-7-15(13)26-11-10-18(22)20-21-19(23)14-8-9-16(24-2)17(12-14)25-3/h4-9,12H,10-11H2,1-3H3,(H,20,22)(H,21,23). The third-order valence-corrected chi connectivity index (χ3v) is 3.64. The van der Waals surface area contributed by atoms with Crippen molar-refractivity contribution in [3.05, 3.63) is 53.6 Å². The summed E-state index contributed by atoms with van der Waals surface area (Å²) in [7, 11) is 2.99. The average Bonchev–Trinajstić information content (AvgIpc) is 2.67. The van der Waals surface area contributed by atoms with Crippen LogP contribution in [0, 0.1) is 6.92 Å². The van der Waals surface area contributed by atoms with Crippen LogP contribution < -0.4 is 25.1 Å². The van der Waals surface area contributed by atoms with E-state index in [-0.39, 0.29) is 18.9 Å². The van der Waals surface area contributed by atoms with E-state index < -0.39 is 5.91 Å². The number of hydrogen-bond acceptors (Lipinski definition) is 5. The Bertz CT molecular complexity index is 776. The molecule has 2 aromatic rings. The summed E-state index contributed by atoms with van der Waals surface area (Å²) in [4.78, 5) is 23.9. The van der Waals surface area contributed by atoms with Crippen LogP contribution in [0.4, 0.5) is 0 Å². The fourth-order valence-corrected chi connectivity index (χ4v) is 2.21. The van der Waals surface area contributed by atoms with Crippen molar-refractivity contribution in [2.45, 2.75) is 13.3 Å². The van der Waals surface area contributed by atoms with Crippen molar-refractivity contribution in [1.82, 2.24) is 10.9 Å². The third-order valence-electron chi connectivity index (χ3n) is 3.64. The first kappa shape index (κ1) is 19.1. The first-order valence-corrected chi connectivity index (χ1v) is 8.04. The maximum Gasteiger partial charge on any atom is 0.269 e. The predicted molar refractivity (Wildman–Crippen MR) is 96.4 cm³/mol. The lowest BCUT2D eigenvalue weighted by molar-refractivity contribution is -0.122. The van der Waals surface area contributed by atoms with Crippen molar-refractivity contribution >= 4 is 11.8 Å². The largest absolute Gasteiger partial charge is 0.493 e. The van der Waals surface area contributed by atoms with Gasteiger partial charge in [-0.15, -0.1) is 0 Å². The number of hydrogen-bond donors (Lipinski definition) is 2. The van der Waals surface area contributed by atoms with Gasteiger partial charge in [-0.05, 0) is 36.8 Å². The van der Waals surface area contributed by atoms with E-state index in [0.29, 0.717) is 17.1 Å². The van der Waals surface area contributed by atoms with E-state index in [1.165, 1.54) is 20.3 Å². The number of benzene rings is 2. The minimum Gasteiger partial charge on any atom is -0.493 e. The van der Waals surface area contributed by atoms with E-state index >= 15 is 0 Å². The SMILES string of the molecule is COc1ccc(C(=O)NNC(=O)CCOc2ccccc2C)cc1OC. The quantitative estimate of drug-likeness (QED) is 0.742. The monoisotopic (exact) mass is 358 g/mol. The van der Waals surface area contributed by atoms with Crippen LogP contribution in [0.2, 0.25) is 0 Å². The summed E-state index contributed by atoms with van der Waals surface area (Å²) < 4.78 is 15.8. The molecule has 0 aromatic heterocycles. The summed E-state index contributed by atoms with van der Waals surface area (Å²) in [6.45, 7) is 2.14. The van der Waals surface area contributed by atoms with Crippen LogP contribution in [0.25, 0.3) is 0 Å². The molecule has 0 unspecified atom stereocenters. The lowest BCUT2D eigenvalue weighted by Gasteiger charge is -2.11. The molecule has 2 rings (SSSR count). The molecule has 138 valence electrons. The van der Waals surface area contributed by atoms with E-state index in [2.05, 4.69) is 10.9 Å². The highest BCUT2D eigenvalue weighted by Gasteiger charge is 2.11. The molecule has 0 saturated carbocycles. The van der Waals surface area contributed by atoms with Gasteiger partial charge < -0.3 is 14.2 Å². The smallest absolute Gasteiger partial charge is 0.269 e. The first-order valence-electron chi connectivity index (χ1n) is 8.04. The first-order chi connectivity index (χ1) is 12.5. The Morgan fingerprint density at radius 3 is 2.35 bits per heavy atom. The van der Waals surface area contributed by atoms with Crippen molar-refractivity contribution in [2.75, 3.05) is 20.8 Å². The molecule has 0 aliphatic carbocycles. The highest BCUT2D eigenvalue weighted by atomic mass is 16.5. The maximum absolute atomic E-state index is 12.1. The zero-order valence-electron chi connectivity index (χ0n) is 15.0. The molecule has 0 fully saturated rings. The number of para-hydroxylation sites is 1. The van der Waals surface area contributed by atoms with Crippen LogP contribution in [-0.2, 0) is 4.79 Å². The zero-order valence-corrected chi connectivity index (χ0v) is 15.0. The number of ether oxygens (including phenoxy) is 3. The normalized spacial score (nSPS) is 9.96. The lowest BCUT2D eigenvalue weighted by Crippen LogP contribution is -2.42. The third kappa shape index (κ3) is 5.14. The molecule has 2 aromatic carbocycles. The number of rotatable bonds is 7. The van der Waals surface area contributed by atoms with Gasteiger partial charge in [0.05, 0.1) is 27.2 Å². The van der Waals surface area contributed by atoms with Gasteiger partial charge in [-0.1, -0.05) is 18.2 Å². The molecule has 7 nitrogen and oxygen atoms in total. The second-order valence-electron chi connectivity index (χ2n) is 5.44. The summed E-state index contributed by atoms with van der Waals surface area (Å²) >= 11 is 0. The molecule has 7 heteroatoms. The van der Waals surface area contributed by atoms with Gasteiger partial charge in [0.2, 0.25) is 5.91 Å². The molecular formula is C19H22N2O5. The van der Waals surface area contributed by atoms with E-state index in [1.807, 2.05) is 31.2 Å². The van der Waals surface area contributed by atoms with Crippen LogP contribution in [0.15, 0.2) is 42.5 Å². The van der Waals surface area contributed by atoms with E-state index in [9.17, 15) is 9.59 Å². The van der Waals surface area contributed by atoms with Gasteiger partial charge in [0.1, 0.15) is 5.75 Å². The minimum atomic E-state index is -0.459. The van der Waals surface area contributed by atoms with Crippen molar-refractivity contribution < 1.29 is 23.8 Å². The molecular weight excluding hydrogens is 336 g/mol. The van der Waals surface area contributed by atoms with Crippen LogP contribution >= 0.6 is 0 Å². The number of carbonyl (C=O) groups excluding carboxylic acids is 2.